The SMILES string of the molecule is NC[C@H]1CN(Cc2ccccc2)C[C@@H]1c1ccccc1. The number of nitrogens with zero attached hydrogens (tertiary/aromatic N) is 1. The Balaban J connectivity index is 1.71. The molecule has 3 rings (SSSR count). The Bertz CT molecular complexity index is 524. The van der Waals surface area contributed by atoms with Crippen LogP contribution in [0.5, 0.6) is 0 Å². The molecule has 0 radical (unpaired) electrons. The smallest absolute Gasteiger partial charge is 0.0234 e. The number of nitrogens with two attached hydrogens (primary N) is 1. The molecule has 2 nitrogen and oxygen atoms in total. The number of benzene rings is 2. The molecule has 0 unspecified atom stereocenters. The average molecular weight is 266 g/mol. The lowest BCUT2D eigenvalue weighted by atomic mass is 9.89. The van der Waals surface area contributed by atoms with Gasteiger partial charge in [0.15, 0.2) is 0 Å². The van der Waals surface area contributed by atoms with Gasteiger partial charge in [-0.15, -0.1) is 0 Å². The summed E-state index contributed by atoms with van der Waals surface area (Å²) in [7, 11) is 0. The largest absolute Gasteiger partial charge is 0.330 e. The van der Waals surface area contributed by atoms with Gasteiger partial charge in [-0.2, -0.15) is 0 Å². The normalized spacial score (nSPS) is 23.1. The van der Waals surface area contributed by atoms with Crippen LogP contribution in [-0.2, 0) is 6.54 Å². The summed E-state index contributed by atoms with van der Waals surface area (Å²) in [5.41, 5.74) is 8.81. The van der Waals surface area contributed by atoms with Crippen LogP contribution >= 0.6 is 0 Å². The second-order valence-corrected chi connectivity index (χ2v) is 5.69. The highest BCUT2D eigenvalue weighted by molar-refractivity contribution is 5.23. The molecule has 2 aromatic rings. The molecule has 0 aromatic heterocycles. The highest BCUT2D eigenvalue weighted by Crippen LogP contribution is 2.32. The second kappa shape index (κ2) is 6.21. The topological polar surface area (TPSA) is 29.3 Å². The van der Waals surface area contributed by atoms with Gasteiger partial charge in [-0.1, -0.05) is 60.7 Å². The summed E-state index contributed by atoms with van der Waals surface area (Å²) in [4.78, 5) is 2.53. The first-order valence-corrected chi connectivity index (χ1v) is 7.38. The molecule has 0 saturated carbocycles. The third kappa shape index (κ3) is 2.92. The minimum absolute atomic E-state index is 0.570. The molecule has 1 heterocycles. The maximum Gasteiger partial charge on any atom is 0.0234 e. The minimum Gasteiger partial charge on any atom is -0.330 e. The van der Waals surface area contributed by atoms with E-state index in [2.05, 4.69) is 65.6 Å². The fraction of sp³-hybridized carbons (Fsp3) is 0.333. The molecular formula is C18H22N2. The number of hydrogen-bond donors (Lipinski definition) is 1. The molecule has 2 N–H and O–H groups in total. The summed E-state index contributed by atoms with van der Waals surface area (Å²) in [6, 6.07) is 21.5. The molecule has 1 fully saturated rings. The minimum atomic E-state index is 0.570. The molecule has 0 amide bonds. The van der Waals surface area contributed by atoms with Crippen molar-refractivity contribution in [2.75, 3.05) is 19.6 Å². The van der Waals surface area contributed by atoms with Crippen molar-refractivity contribution >= 4 is 0 Å². The second-order valence-electron chi connectivity index (χ2n) is 5.69. The quantitative estimate of drug-likeness (QED) is 0.922. The zero-order chi connectivity index (χ0) is 13.8. The number of hydrogen-bond acceptors (Lipinski definition) is 2. The maximum absolute atomic E-state index is 5.99. The van der Waals surface area contributed by atoms with E-state index in [1.165, 1.54) is 11.1 Å². The van der Waals surface area contributed by atoms with Gasteiger partial charge in [0, 0.05) is 25.6 Å². The third-order valence-electron chi connectivity index (χ3n) is 4.30. The molecule has 0 spiro atoms. The van der Waals surface area contributed by atoms with Crippen LogP contribution in [0.15, 0.2) is 60.7 Å². The van der Waals surface area contributed by atoms with Gasteiger partial charge in [0.1, 0.15) is 0 Å². The molecule has 104 valence electrons. The van der Waals surface area contributed by atoms with E-state index in [0.717, 1.165) is 26.2 Å². The Hall–Kier alpha value is -1.64. The van der Waals surface area contributed by atoms with Crippen molar-refractivity contribution in [3.8, 4) is 0 Å². The Labute approximate surface area is 121 Å². The molecule has 1 saturated heterocycles. The fourth-order valence-electron chi connectivity index (χ4n) is 3.25. The Morgan fingerprint density at radius 1 is 0.900 bits per heavy atom. The Kier molecular flexibility index (Phi) is 4.14. The van der Waals surface area contributed by atoms with E-state index in [1.54, 1.807) is 0 Å². The molecule has 1 aliphatic heterocycles. The van der Waals surface area contributed by atoms with Gasteiger partial charge in [0.25, 0.3) is 0 Å². The lowest BCUT2D eigenvalue weighted by Gasteiger charge is -2.16. The van der Waals surface area contributed by atoms with E-state index in [9.17, 15) is 0 Å². The van der Waals surface area contributed by atoms with E-state index in [4.69, 9.17) is 5.73 Å². The fourth-order valence-corrected chi connectivity index (χ4v) is 3.25. The van der Waals surface area contributed by atoms with Crippen LogP contribution in [0.1, 0.15) is 17.0 Å². The van der Waals surface area contributed by atoms with Gasteiger partial charge >= 0.3 is 0 Å². The van der Waals surface area contributed by atoms with Crippen molar-refractivity contribution in [1.29, 1.82) is 0 Å². The predicted molar refractivity (Wildman–Crippen MR) is 83.4 cm³/mol. The Morgan fingerprint density at radius 2 is 1.55 bits per heavy atom. The summed E-state index contributed by atoms with van der Waals surface area (Å²) >= 11 is 0. The first kappa shape index (κ1) is 13.3. The van der Waals surface area contributed by atoms with E-state index in [0.29, 0.717) is 11.8 Å². The summed E-state index contributed by atoms with van der Waals surface area (Å²) < 4.78 is 0. The van der Waals surface area contributed by atoms with Crippen LogP contribution < -0.4 is 5.73 Å². The van der Waals surface area contributed by atoms with Gasteiger partial charge in [-0.25, -0.2) is 0 Å². The molecule has 2 atom stereocenters. The number of likely N-dealkylation sites (tertiary alicyclic amines) is 1. The van der Waals surface area contributed by atoms with E-state index >= 15 is 0 Å². The van der Waals surface area contributed by atoms with Crippen molar-refractivity contribution < 1.29 is 0 Å². The van der Waals surface area contributed by atoms with Crippen molar-refractivity contribution in [1.82, 2.24) is 4.90 Å². The molecular weight excluding hydrogens is 244 g/mol. The third-order valence-corrected chi connectivity index (χ3v) is 4.30. The van der Waals surface area contributed by atoms with E-state index in [1.807, 2.05) is 0 Å². The molecule has 0 bridgehead atoms. The van der Waals surface area contributed by atoms with Crippen molar-refractivity contribution in [3.63, 3.8) is 0 Å². The molecule has 2 heteroatoms. The maximum atomic E-state index is 5.99. The van der Waals surface area contributed by atoms with Crippen LogP contribution in [0.4, 0.5) is 0 Å². The first-order chi connectivity index (χ1) is 9.86. The monoisotopic (exact) mass is 266 g/mol. The standard InChI is InChI=1S/C18H22N2/c19-11-17-13-20(12-15-7-3-1-4-8-15)14-18(17)16-9-5-2-6-10-16/h1-10,17-18H,11-14,19H2/t17-,18+/m0/s1. The molecule has 1 aliphatic rings. The van der Waals surface area contributed by atoms with Crippen LogP contribution in [0.25, 0.3) is 0 Å². The van der Waals surface area contributed by atoms with Crippen LogP contribution in [0, 0.1) is 5.92 Å². The molecule has 2 aromatic carbocycles. The lowest BCUT2D eigenvalue weighted by Crippen LogP contribution is -2.23. The van der Waals surface area contributed by atoms with Gasteiger partial charge in [-0.05, 0) is 23.6 Å². The summed E-state index contributed by atoms with van der Waals surface area (Å²) in [6.45, 7) is 4.01. The van der Waals surface area contributed by atoms with Crippen molar-refractivity contribution in [3.05, 3.63) is 71.8 Å². The summed E-state index contributed by atoms with van der Waals surface area (Å²) in [5.74, 6) is 1.14. The van der Waals surface area contributed by atoms with Gasteiger partial charge in [0.2, 0.25) is 0 Å². The molecule has 0 aliphatic carbocycles. The highest BCUT2D eigenvalue weighted by Gasteiger charge is 2.32. The van der Waals surface area contributed by atoms with Gasteiger partial charge < -0.3 is 5.73 Å². The van der Waals surface area contributed by atoms with Crippen molar-refractivity contribution in [2.45, 2.75) is 12.5 Å². The zero-order valence-electron chi connectivity index (χ0n) is 11.8. The van der Waals surface area contributed by atoms with Crippen LogP contribution in [-0.4, -0.2) is 24.5 Å². The number of rotatable bonds is 4. The average Bonchev–Trinajstić information content (AvgIpc) is 2.92. The molecule has 20 heavy (non-hydrogen) atoms. The zero-order valence-corrected chi connectivity index (χ0v) is 11.8. The van der Waals surface area contributed by atoms with Gasteiger partial charge in [0.05, 0.1) is 0 Å². The summed E-state index contributed by atoms with van der Waals surface area (Å²) in [6.07, 6.45) is 0. The summed E-state index contributed by atoms with van der Waals surface area (Å²) in [5, 5.41) is 0. The lowest BCUT2D eigenvalue weighted by molar-refractivity contribution is 0.317. The van der Waals surface area contributed by atoms with E-state index in [-0.39, 0.29) is 0 Å². The predicted octanol–water partition coefficient (Wildman–Crippen LogP) is 2.86. The van der Waals surface area contributed by atoms with Crippen LogP contribution in [0.3, 0.4) is 0 Å². The Morgan fingerprint density at radius 3 is 2.20 bits per heavy atom. The van der Waals surface area contributed by atoms with E-state index < -0.39 is 0 Å². The van der Waals surface area contributed by atoms with Crippen molar-refractivity contribution in [2.24, 2.45) is 11.7 Å². The highest BCUT2D eigenvalue weighted by atomic mass is 15.2. The van der Waals surface area contributed by atoms with Gasteiger partial charge in [-0.3, -0.25) is 4.90 Å². The van der Waals surface area contributed by atoms with Crippen LogP contribution in [0.2, 0.25) is 0 Å². The first-order valence-electron chi connectivity index (χ1n) is 7.38.